The van der Waals surface area contributed by atoms with Crippen LogP contribution >= 0.6 is 0 Å². The number of benzene rings is 2. The van der Waals surface area contributed by atoms with Gasteiger partial charge < -0.3 is 5.73 Å². The lowest BCUT2D eigenvalue weighted by molar-refractivity contribution is 0.162. The van der Waals surface area contributed by atoms with Gasteiger partial charge in [0.05, 0.1) is 0 Å². The highest BCUT2D eigenvalue weighted by atomic mass is 19.1. The number of likely N-dealkylation sites (tertiary alicyclic amines) is 1. The molecule has 1 aliphatic rings. The zero-order chi connectivity index (χ0) is 16.1. The first-order valence-electron chi connectivity index (χ1n) is 8.48. The molecular formula is C20H25FN2. The first kappa shape index (κ1) is 16.2. The summed E-state index contributed by atoms with van der Waals surface area (Å²) >= 11 is 0. The molecule has 1 fully saturated rings. The molecular weight excluding hydrogens is 287 g/mol. The molecule has 3 rings (SSSR count). The second-order valence-corrected chi connectivity index (χ2v) is 6.46. The van der Waals surface area contributed by atoms with E-state index in [4.69, 9.17) is 5.73 Å². The fourth-order valence-corrected chi connectivity index (χ4v) is 3.70. The Morgan fingerprint density at radius 1 is 1.00 bits per heavy atom. The number of piperidine rings is 1. The molecule has 1 aliphatic heterocycles. The molecule has 0 radical (unpaired) electrons. The Hall–Kier alpha value is -1.71. The van der Waals surface area contributed by atoms with Gasteiger partial charge in [-0.05, 0) is 55.6 Å². The van der Waals surface area contributed by atoms with Gasteiger partial charge in [0.2, 0.25) is 0 Å². The van der Waals surface area contributed by atoms with E-state index in [1.807, 2.05) is 12.1 Å². The van der Waals surface area contributed by atoms with Crippen molar-refractivity contribution < 1.29 is 4.39 Å². The topological polar surface area (TPSA) is 29.3 Å². The second-order valence-electron chi connectivity index (χ2n) is 6.46. The van der Waals surface area contributed by atoms with Crippen LogP contribution in [0.15, 0.2) is 54.6 Å². The highest BCUT2D eigenvalue weighted by Crippen LogP contribution is 2.33. The van der Waals surface area contributed by atoms with Gasteiger partial charge in [-0.1, -0.05) is 48.5 Å². The van der Waals surface area contributed by atoms with Crippen molar-refractivity contribution in [3.05, 3.63) is 71.5 Å². The summed E-state index contributed by atoms with van der Waals surface area (Å²) in [7, 11) is 0. The minimum absolute atomic E-state index is 0.116. The average molecular weight is 312 g/mol. The Labute approximate surface area is 138 Å². The molecule has 0 aromatic heterocycles. The van der Waals surface area contributed by atoms with Gasteiger partial charge in [-0.25, -0.2) is 4.39 Å². The van der Waals surface area contributed by atoms with E-state index in [1.54, 1.807) is 12.1 Å². The lowest BCUT2D eigenvalue weighted by Crippen LogP contribution is -2.37. The van der Waals surface area contributed by atoms with Crippen LogP contribution in [-0.4, -0.2) is 24.5 Å². The summed E-state index contributed by atoms with van der Waals surface area (Å²) in [5.74, 6) is 0.494. The van der Waals surface area contributed by atoms with Crippen LogP contribution < -0.4 is 5.73 Å². The maximum absolute atomic E-state index is 14.1. The molecule has 122 valence electrons. The maximum Gasteiger partial charge on any atom is 0.126 e. The SMILES string of the molecule is NCC(c1ccccc1F)C1CCN(Cc2ccccc2)CC1. The Morgan fingerprint density at radius 2 is 1.65 bits per heavy atom. The number of nitrogens with zero attached hydrogens (tertiary/aromatic N) is 1. The van der Waals surface area contributed by atoms with Crippen molar-refractivity contribution in [1.29, 1.82) is 0 Å². The van der Waals surface area contributed by atoms with E-state index < -0.39 is 0 Å². The number of hydrogen-bond acceptors (Lipinski definition) is 2. The van der Waals surface area contributed by atoms with Gasteiger partial charge in [-0.3, -0.25) is 4.90 Å². The van der Waals surface area contributed by atoms with Crippen LogP contribution in [0.4, 0.5) is 4.39 Å². The van der Waals surface area contributed by atoms with Crippen molar-refractivity contribution >= 4 is 0 Å². The second kappa shape index (κ2) is 7.71. The van der Waals surface area contributed by atoms with E-state index in [-0.39, 0.29) is 11.7 Å². The third-order valence-electron chi connectivity index (χ3n) is 5.01. The average Bonchev–Trinajstić information content (AvgIpc) is 2.59. The molecule has 23 heavy (non-hydrogen) atoms. The molecule has 2 N–H and O–H groups in total. The summed E-state index contributed by atoms with van der Waals surface area (Å²) in [6.45, 7) is 3.64. The molecule has 2 nitrogen and oxygen atoms in total. The summed E-state index contributed by atoms with van der Waals surface area (Å²) in [5, 5.41) is 0. The van der Waals surface area contributed by atoms with Gasteiger partial charge in [-0.2, -0.15) is 0 Å². The Balaban J connectivity index is 1.60. The molecule has 2 aromatic rings. The van der Waals surface area contributed by atoms with E-state index in [0.717, 1.165) is 38.0 Å². The van der Waals surface area contributed by atoms with E-state index >= 15 is 0 Å². The van der Waals surface area contributed by atoms with Crippen molar-refractivity contribution in [3.8, 4) is 0 Å². The molecule has 0 aliphatic carbocycles. The van der Waals surface area contributed by atoms with Gasteiger partial charge in [0, 0.05) is 12.5 Å². The molecule has 2 aromatic carbocycles. The number of hydrogen-bond donors (Lipinski definition) is 1. The molecule has 0 saturated carbocycles. The number of nitrogens with two attached hydrogens (primary N) is 1. The molecule has 0 amide bonds. The maximum atomic E-state index is 14.1. The van der Waals surface area contributed by atoms with Crippen molar-refractivity contribution in [2.45, 2.75) is 25.3 Å². The van der Waals surface area contributed by atoms with Gasteiger partial charge in [-0.15, -0.1) is 0 Å². The Morgan fingerprint density at radius 3 is 2.30 bits per heavy atom. The zero-order valence-electron chi connectivity index (χ0n) is 13.5. The highest BCUT2D eigenvalue weighted by Gasteiger charge is 2.28. The van der Waals surface area contributed by atoms with Crippen molar-refractivity contribution in [1.82, 2.24) is 4.90 Å². The van der Waals surface area contributed by atoms with Crippen molar-refractivity contribution in [2.24, 2.45) is 11.7 Å². The molecule has 1 saturated heterocycles. The first-order chi connectivity index (χ1) is 11.3. The molecule has 1 atom stereocenters. The highest BCUT2D eigenvalue weighted by molar-refractivity contribution is 5.23. The van der Waals surface area contributed by atoms with Gasteiger partial charge in [0.1, 0.15) is 5.82 Å². The van der Waals surface area contributed by atoms with Crippen LogP contribution in [0.2, 0.25) is 0 Å². The predicted octanol–water partition coefficient (Wildman–Crippen LogP) is 3.78. The summed E-state index contributed by atoms with van der Waals surface area (Å²) in [6, 6.07) is 17.7. The van der Waals surface area contributed by atoms with Crippen LogP contribution in [0.5, 0.6) is 0 Å². The van der Waals surface area contributed by atoms with Crippen LogP contribution in [0.3, 0.4) is 0 Å². The van der Waals surface area contributed by atoms with Gasteiger partial charge in [0.25, 0.3) is 0 Å². The van der Waals surface area contributed by atoms with Gasteiger partial charge in [0.15, 0.2) is 0 Å². The van der Waals surface area contributed by atoms with Gasteiger partial charge >= 0.3 is 0 Å². The van der Waals surface area contributed by atoms with Crippen LogP contribution in [0.25, 0.3) is 0 Å². The molecule has 0 bridgehead atoms. The van der Waals surface area contributed by atoms with Crippen molar-refractivity contribution in [3.63, 3.8) is 0 Å². The largest absolute Gasteiger partial charge is 0.330 e. The minimum atomic E-state index is -0.116. The quantitative estimate of drug-likeness (QED) is 0.910. The lowest BCUT2D eigenvalue weighted by atomic mass is 9.80. The summed E-state index contributed by atoms with van der Waals surface area (Å²) in [6.07, 6.45) is 2.17. The summed E-state index contributed by atoms with van der Waals surface area (Å²) in [5.41, 5.74) is 8.13. The monoisotopic (exact) mass is 312 g/mol. The van der Waals surface area contributed by atoms with Crippen LogP contribution in [0.1, 0.15) is 29.9 Å². The Kier molecular flexibility index (Phi) is 5.42. The van der Waals surface area contributed by atoms with Crippen LogP contribution in [0, 0.1) is 11.7 Å². The van der Waals surface area contributed by atoms with Crippen LogP contribution in [-0.2, 0) is 6.54 Å². The first-order valence-corrected chi connectivity index (χ1v) is 8.48. The van der Waals surface area contributed by atoms with E-state index in [2.05, 4.69) is 35.2 Å². The van der Waals surface area contributed by atoms with Crippen molar-refractivity contribution in [2.75, 3.05) is 19.6 Å². The molecule has 1 heterocycles. The smallest absolute Gasteiger partial charge is 0.126 e. The number of halogens is 1. The standard InChI is InChI=1S/C20H25FN2/c21-20-9-5-4-8-18(20)19(14-22)17-10-12-23(13-11-17)15-16-6-2-1-3-7-16/h1-9,17,19H,10-15,22H2. The van der Waals surface area contributed by atoms with E-state index in [9.17, 15) is 4.39 Å². The predicted molar refractivity (Wildman–Crippen MR) is 92.6 cm³/mol. The third kappa shape index (κ3) is 3.98. The molecule has 0 spiro atoms. The summed E-state index contributed by atoms with van der Waals surface area (Å²) < 4.78 is 14.1. The van der Waals surface area contributed by atoms with E-state index in [1.165, 1.54) is 5.56 Å². The normalized spacial score (nSPS) is 18.0. The molecule has 1 unspecified atom stereocenters. The lowest BCUT2D eigenvalue weighted by Gasteiger charge is -2.36. The summed E-state index contributed by atoms with van der Waals surface area (Å²) in [4.78, 5) is 2.49. The molecule has 3 heteroatoms. The van der Waals surface area contributed by atoms with E-state index in [0.29, 0.717) is 12.5 Å². The Bertz CT molecular complexity index is 606. The number of rotatable bonds is 5. The third-order valence-corrected chi connectivity index (χ3v) is 5.01. The minimum Gasteiger partial charge on any atom is -0.330 e. The fraction of sp³-hybridized carbons (Fsp3) is 0.400. The fourth-order valence-electron chi connectivity index (χ4n) is 3.70. The zero-order valence-corrected chi connectivity index (χ0v) is 13.5.